The van der Waals surface area contributed by atoms with Crippen molar-refractivity contribution in [1.82, 2.24) is 5.32 Å². The Labute approximate surface area is 415 Å². The standard InChI is InChI=1S/C63H105NO3/c1-3-5-7-9-11-13-15-17-19-21-23-25-26-27-28-29-30-31-32-33-34-35-36-37-38-39-41-43-45-47-49-51-53-55-57-59-63(67)64-61(60-65)62(66)58-56-54-52-50-48-46-44-42-40-24-22-20-18-16-14-12-10-8-6-4-2/h5,7,11,13,17,19,23,25,27-28,30-31,33-34,36-37,40,42,48,50,56,58,61-62,65-66H,3-4,6,8-10,12,14-16,18,20-22,24,26,29,32,35,38-39,41,43-47,49,51-55,57,59-60H2,1-2H3,(H,64,67)/b7-5-,13-11-,19-17-,25-23-,28-27-,31-30-,34-33-,37-36-,42-40+,50-48+,58-56+. The maximum atomic E-state index is 12.5. The molecule has 0 spiro atoms. The van der Waals surface area contributed by atoms with Crippen molar-refractivity contribution in [2.45, 2.75) is 251 Å². The maximum Gasteiger partial charge on any atom is 0.220 e. The number of carbonyl (C=O) groups excluding carboxylic acids is 1. The molecule has 0 heterocycles. The fraction of sp³-hybridized carbons (Fsp3) is 0.635. The Morgan fingerprint density at radius 2 is 0.672 bits per heavy atom. The average molecular weight is 925 g/mol. The maximum absolute atomic E-state index is 12.5. The van der Waals surface area contributed by atoms with Crippen molar-refractivity contribution in [2.75, 3.05) is 6.61 Å². The van der Waals surface area contributed by atoms with Crippen LogP contribution in [0.2, 0.25) is 0 Å². The first kappa shape index (κ1) is 63.5. The van der Waals surface area contributed by atoms with Crippen LogP contribution in [0.1, 0.15) is 239 Å². The summed E-state index contributed by atoms with van der Waals surface area (Å²) in [7, 11) is 0. The topological polar surface area (TPSA) is 69.6 Å². The number of hydrogen-bond donors (Lipinski definition) is 3. The van der Waals surface area contributed by atoms with Gasteiger partial charge in [-0.15, -0.1) is 0 Å². The molecule has 380 valence electrons. The molecule has 2 unspecified atom stereocenters. The second kappa shape index (κ2) is 56.9. The average Bonchev–Trinajstić information content (AvgIpc) is 3.33. The van der Waals surface area contributed by atoms with E-state index in [2.05, 4.69) is 141 Å². The Bertz CT molecular complexity index is 1370. The van der Waals surface area contributed by atoms with E-state index in [1.807, 2.05) is 6.08 Å². The Kier molecular flexibility index (Phi) is 53.9. The molecule has 1 amide bonds. The van der Waals surface area contributed by atoms with E-state index in [9.17, 15) is 15.0 Å². The lowest BCUT2D eigenvalue weighted by atomic mass is 10.0. The van der Waals surface area contributed by atoms with E-state index in [0.29, 0.717) is 6.42 Å². The summed E-state index contributed by atoms with van der Waals surface area (Å²) in [6.07, 6.45) is 88.8. The van der Waals surface area contributed by atoms with Crippen molar-refractivity contribution < 1.29 is 15.0 Å². The number of allylic oxidation sites excluding steroid dienone is 21. The molecular weight excluding hydrogens is 819 g/mol. The molecule has 0 aliphatic heterocycles. The number of rotatable bonds is 49. The molecule has 0 aliphatic rings. The molecule has 0 saturated carbocycles. The van der Waals surface area contributed by atoms with E-state index in [4.69, 9.17) is 0 Å². The number of unbranched alkanes of at least 4 members (excludes halogenated alkanes) is 22. The summed E-state index contributed by atoms with van der Waals surface area (Å²) in [6, 6.07) is -0.658. The lowest BCUT2D eigenvalue weighted by Crippen LogP contribution is -2.45. The SMILES string of the molecule is CC/C=C\C/C=C\C/C=C\C/C=C\C/C=C\C/C=C\C/C=C\C/C=C\CCCCCCCCCCCCC(=O)NC(CO)C(O)/C=C/CC/C=C/CC/C=C/CCCCCCCCCCCC. The van der Waals surface area contributed by atoms with Gasteiger partial charge in [-0.1, -0.05) is 257 Å². The normalized spacial score (nSPS) is 13.9. The molecule has 4 nitrogen and oxygen atoms in total. The lowest BCUT2D eigenvalue weighted by Gasteiger charge is -2.19. The molecule has 0 fully saturated rings. The van der Waals surface area contributed by atoms with E-state index in [1.54, 1.807) is 6.08 Å². The highest BCUT2D eigenvalue weighted by Gasteiger charge is 2.17. The molecule has 0 aromatic rings. The summed E-state index contributed by atoms with van der Waals surface area (Å²) in [5.74, 6) is -0.0878. The van der Waals surface area contributed by atoms with Crippen molar-refractivity contribution in [2.24, 2.45) is 0 Å². The second-order valence-electron chi connectivity index (χ2n) is 18.2. The van der Waals surface area contributed by atoms with Gasteiger partial charge in [0.15, 0.2) is 0 Å². The van der Waals surface area contributed by atoms with E-state index in [-0.39, 0.29) is 12.5 Å². The summed E-state index contributed by atoms with van der Waals surface area (Å²) >= 11 is 0. The summed E-state index contributed by atoms with van der Waals surface area (Å²) in [4.78, 5) is 12.5. The largest absolute Gasteiger partial charge is 0.394 e. The van der Waals surface area contributed by atoms with Gasteiger partial charge in [-0.2, -0.15) is 0 Å². The minimum absolute atomic E-state index is 0.0878. The smallest absolute Gasteiger partial charge is 0.220 e. The Morgan fingerprint density at radius 1 is 0.373 bits per heavy atom. The third-order valence-corrected chi connectivity index (χ3v) is 11.8. The van der Waals surface area contributed by atoms with Crippen LogP contribution >= 0.6 is 0 Å². The first-order valence-electron chi connectivity index (χ1n) is 27.9. The van der Waals surface area contributed by atoms with Crippen molar-refractivity contribution >= 4 is 5.91 Å². The minimum Gasteiger partial charge on any atom is -0.394 e. The molecule has 0 saturated heterocycles. The molecule has 0 radical (unpaired) electrons. The highest BCUT2D eigenvalue weighted by Crippen LogP contribution is 2.14. The van der Waals surface area contributed by atoms with Gasteiger partial charge in [0.2, 0.25) is 5.91 Å². The molecule has 4 heteroatoms. The lowest BCUT2D eigenvalue weighted by molar-refractivity contribution is -0.123. The Hall–Kier alpha value is -3.47. The first-order valence-corrected chi connectivity index (χ1v) is 27.9. The van der Waals surface area contributed by atoms with E-state index in [1.165, 1.54) is 122 Å². The predicted octanol–water partition coefficient (Wildman–Crippen LogP) is 18.6. The number of carbonyl (C=O) groups is 1. The van der Waals surface area contributed by atoms with Gasteiger partial charge < -0.3 is 15.5 Å². The van der Waals surface area contributed by atoms with Gasteiger partial charge in [0, 0.05) is 6.42 Å². The van der Waals surface area contributed by atoms with Gasteiger partial charge in [-0.05, 0) is 109 Å². The first-order chi connectivity index (χ1) is 33.2. The van der Waals surface area contributed by atoms with Gasteiger partial charge in [0.05, 0.1) is 18.8 Å². The summed E-state index contributed by atoms with van der Waals surface area (Å²) in [5.41, 5.74) is 0. The summed E-state index contributed by atoms with van der Waals surface area (Å²) in [6.45, 7) is 4.17. The molecule has 0 rings (SSSR count). The molecule has 2 atom stereocenters. The van der Waals surface area contributed by atoms with Gasteiger partial charge in [-0.3, -0.25) is 4.79 Å². The van der Waals surface area contributed by atoms with Crippen LogP contribution in [0, 0.1) is 0 Å². The van der Waals surface area contributed by atoms with Gasteiger partial charge >= 0.3 is 0 Å². The van der Waals surface area contributed by atoms with Crippen molar-refractivity contribution in [1.29, 1.82) is 0 Å². The third kappa shape index (κ3) is 53.4. The van der Waals surface area contributed by atoms with Crippen LogP contribution < -0.4 is 5.32 Å². The van der Waals surface area contributed by atoms with E-state index < -0.39 is 12.1 Å². The zero-order chi connectivity index (χ0) is 48.5. The monoisotopic (exact) mass is 924 g/mol. The third-order valence-electron chi connectivity index (χ3n) is 11.8. The molecule has 67 heavy (non-hydrogen) atoms. The van der Waals surface area contributed by atoms with Crippen molar-refractivity contribution in [3.8, 4) is 0 Å². The number of amides is 1. The van der Waals surface area contributed by atoms with Crippen LogP contribution in [0.25, 0.3) is 0 Å². The minimum atomic E-state index is -0.881. The highest BCUT2D eigenvalue weighted by molar-refractivity contribution is 5.76. The Morgan fingerprint density at radius 3 is 1.04 bits per heavy atom. The molecular formula is C63H105NO3. The molecule has 0 bridgehead atoms. The Balaban J connectivity index is 3.65. The van der Waals surface area contributed by atoms with E-state index >= 15 is 0 Å². The quantitative estimate of drug-likeness (QED) is 0.0421. The van der Waals surface area contributed by atoms with Gasteiger partial charge in [0.25, 0.3) is 0 Å². The van der Waals surface area contributed by atoms with Crippen LogP contribution in [0.3, 0.4) is 0 Å². The molecule has 3 N–H and O–H groups in total. The number of aliphatic hydroxyl groups is 2. The number of aliphatic hydroxyl groups excluding tert-OH is 2. The molecule has 0 aromatic carbocycles. The zero-order valence-electron chi connectivity index (χ0n) is 43.6. The zero-order valence-corrected chi connectivity index (χ0v) is 43.6. The summed E-state index contributed by atoms with van der Waals surface area (Å²) < 4.78 is 0. The highest BCUT2D eigenvalue weighted by atomic mass is 16.3. The van der Waals surface area contributed by atoms with Crippen LogP contribution in [0.15, 0.2) is 134 Å². The fourth-order valence-corrected chi connectivity index (χ4v) is 7.64. The van der Waals surface area contributed by atoms with E-state index in [0.717, 1.165) is 96.3 Å². The van der Waals surface area contributed by atoms with Crippen LogP contribution in [-0.2, 0) is 4.79 Å². The van der Waals surface area contributed by atoms with Crippen molar-refractivity contribution in [3.05, 3.63) is 134 Å². The number of hydrogen-bond acceptors (Lipinski definition) is 3. The predicted molar refractivity (Wildman–Crippen MR) is 299 cm³/mol. The number of nitrogens with one attached hydrogen (secondary N) is 1. The van der Waals surface area contributed by atoms with Crippen molar-refractivity contribution in [3.63, 3.8) is 0 Å². The van der Waals surface area contributed by atoms with Gasteiger partial charge in [0.1, 0.15) is 0 Å². The fourth-order valence-electron chi connectivity index (χ4n) is 7.64. The van der Waals surface area contributed by atoms with Crippen LogP contribution in [-0.4, -0.2) is 34.9 Å². The van der Waals surface area contributed by atoms with Gasteiger partial charge in [-0.25, -0.2) is 0 Å². The second-order valence-corrected chi connectivity index (χ2v) is 18.2. The molecule has 0 aliphatic carbocycles. The van der Waals surface area contributed by atoms with Crippen LogP contribution in [0.5, 0.6) is 0 Å². The summed E-state index contributed by atoms with van der Waals surface area (Å²) in [5, 5.41) is 23.1. The molecule has 0 aromatic heterocycles. The van der Waals surface area contributed by atoms with Crippen LogP contribution in [0.4, 0.5) is 0 Å².